The molecule has 0 atom stereocenters. The summed E-state index contributed by atoms with van der Waals surface area (Å²) in [5, 5.41) is 4.59. The summed E-state index contributed by atoms with van der Waals surface area (Å²) in [6.45, 7) is 3.49. The van der Waals surface area contributed by atoms with Crippen LogP contribution in [0.2, 0.25) is 0 Å². The summed E-state index contributed by atoms with van der Waals surface area (Å²) in [6.07, 6.45) is 0. The SMILES string of the molecule is CC(C)NC(=S)Nc1c(F)c(F)cc(F)c1F. The largest absolute Gasteiger partial charge is 0.360 e. The molecule has 0 heterocycles. The zero-order valence-electron chi connectivity index (χ0n) is 9.07. The van der Waals surface area contributed by atoms with E-state index in [4.69, 9.17) is 12.2 Å². The number of hydrogen-bond acceptors (Lipinski definition) is 1. The summed E-state index contributed by atoms with van der Waals surface area (Å²) >= 11 is 4.72. The molecule has 1 rings (SSSR count). The van der Waals surface area contributed by atoms with Crippen molar-refractivity contribution in [2.45, 2.75) is 19.9 Å². The van der Waals surface area contributed by atoms with Crippen LogP contribution in [0.15, 0.2) is 6.07 Å². The molecular weight excluding hydrogens is 256 g/mol. The number of benzene rings is 1. The van der Waals surface area contributed by atoms with Crippen molar-refractivity contribution in [3.8, 4) is 0 Å². The summed E-state index contributed by atoms with van der Waals surface area (Å²) in [7, 11) is 0. The molecule has 0 saturated carbocycles. The van der Waals surface area contributed by atoms with Crippen LogP contribution >= 0.6 is 12.2 Å². The summed E-state index contributed by atoms with van der Waals surface area (Å²) in [5.41, 5.74) is -0.944. The summed E-state index contributed by atoms with van der Waals surface area (Å²) in [6, 6.07) is 0.0499. The van der Waals surface area contributed by atoms with Gasteiger partial charge in [0.25, 0.3) is 0 Å². The minimum Gasteiger partial charge on any atom is -0.360 e. The van der Waals surface area contributed by atoms with Crippen LogP contribution in [0.25, 0.3) is 0 Å². The zero-order valence-corrected chi connectivity index (χ0v) is 9.89. The van der Waals surface area contributed by atoms with Crippen LogP contribution in [0, 0.1) is 23.3 Å². The second-order valence-corrected chi connectivity index (χ2v) is 4.00. The van der Waals surface area contributed by atoms with Crippen molar-refractivity contribution in [2.75, 3.05) is 5.32 Å². The van der Waals surface area contributed by atoms with Gasteiger partial charge in [-0.25, -0.2) is 17.6 Å². The van der Waals surface area contributed by atoms with Crippen molar-refractivity contribution >= 4 is 23.0 Å². The van der Waals surface area contributed by atoms with E-state index < -0.39 is 29.0 Å². The summed E-state index contributed by atoms with van der Waals surface area (Å²) < 4.78 is 52.1. The predicted octanol–water partition coefficient (Wildman–Crippen LogP) is 2.94. The highest BCUT2D eigenvalue weighted by molar-refractivity contribution is 7.80. The topological polar surface area (TPSA) is 24.1 Å². The average molecular weight is 266 g/mol. The molecular formula is C10H10F4N2S. The monoisotopic (exact) mass is 266 g/mol. The van der Waals surface area contributed by atoms with Crippen LogP contribution < -0.4 is 10.6 Å². The molecule has 0 unspecified atom stereocenters. The second kappa shape index (κ2) is 5.31. The van der Waals surface area contributed by atoms with Gasteiger partial charge in [0.1, 0.15) is 5.69 Å². The highest BCUT2D eigenvalue weighted by atomic mass is 32.1. The first kappa shape index (κ1) is 13.7. The number of hydrogen-bond donors (Lipinski definition) is 2. The Morgan fingerprint density at radius 1 is 1.12 bits per heavy atom. The Bertz CT molecular complexity index is 422. The molecule has 0 spiro atoms. The van der Waals surface area contributed by atoms with Crippen LogP contribution in [-0.2, 0) is 0 Å². The number of anilines is 1. The molecule has 0 saturated heterocycles. The maximum Gasteiger partial charge on any atom is 0.185 e. The molecule has 2 nitrogen and oxygen atoms in total. The van der Waals surface area contributed by atoms with Crippen molar-refractivity contribution < 1.29 is 17.6 Å². The van der Waals surface area contributed by atoms with Crippen LogP contribution in [0.3, 0.4) is 0 Å². The van der Waals surface area contributed by atoms with E-state index in [1.807, 2.05) is 0 Å². The van der Waals surface area contributed by atoms with Crippen molar-refractivity contribution in [1.82, 2.24) is 5.32 Å². The molecule has 0 aliphatic rings. The molecule has 0 radical (unpaired) electrons. The fourth-order valence-corrected chi connectivity index (χ4v) is 1.43. The smallest absolute Gasteiger partial charge is 0.185 e. The van der Waals surface area contributed by atoms with E-state index in [2.05, 4.69) is 10.6 Å². The average Bonchev–Trinajstić information content (AvgIpc) is 2.20. The van der Waals surface area contributed by atoms with Gasteiger partial charge in [0.05, 0.1) is 0 Å². The van der Waals surface area contributed by atoms with Gasteiger partial charge < -0.3 is 10.6 Å². The molecule has 0 amide bonds. The molecule has 1 aromatic carbocycles. The quantitative estimate of drug-likeness (QED) is 0.489. The van der Waals surface area contributed by atoms with E-state index >= 15 is 0 Å². The molecule has 0 aromatic heterocycles. The number of rotatable bonds is 2. The number of thiocarbonyl (C=S) groups is 1. The van der Waals surface area contributed by atoms with Gasteiger partial charge in [-0.2, -0.15) is 0 Å². The fourth-order valence-electron chi connectivity index (χ4n) is 1.09. The number of halogens is 4. The maximum atomic E-state index is 13.2. The van der Waals surface area contributed by atoms with E-state index in [0.29, 0.717) is 0 Å². The van der Waals surface area contributed by atoms with Gasteiger partial charge in [0, 0.05) is 12.1 Å². The van der Waals surface area contributed by atoms with Crippen LogP contribution in [0.4, 0.5) is 23.2 Å². The highest BCUT2D eigenvalue weighted by Gasteiger charge is 2.19. The van der Waals surface area contributed by atoms with Crippen molar-refractivity contribution in [2.24, 2.45) is 0 Å². The van der Waals surface area contributed by atoms with Crippen LogP contribution in [0.5, 0.6) is 0 Å². The fraction of sp³-hybridized carbons (Fsp3) is 0.300. The van der Waals surface area contributed by atoms with Crippen molar-refractivity contribution in [3.05, 3.63) is 29.3 Å². The van der Waals surface area contributed by atoms with Crippen molar-refractivity contribution in [1.29, 1.82) is 0 Å². The normalized spacial score (nSPS) is 10.5. The molecule has 0 aliphatic carbocycles. The van der Waals surface area contributed by atoms with E-state index in [1.165, 1.54) is 0 Å². The van der Waals surface area contributed by atoms with Gasteiger partial charge in [-0.1, -0.05) is 0 Å². The predicted molar refractivity (Wildman–Crippen MR) is 60.8 cm³/mol. The third-order valence-corrected chi connectivity index (χ3v) is 1.99. The number of nitrogens with one attached hydrogen (secondary N) is 2. The minimum atomic E-state index is -1.52. The van der Waals surface area contributed by atoms with Crippen LogP contribution in [0.1, 0.15) is 13.8 Å². The molecule has 94 valence electrons. The van der Waals surface area contributed by atoms with E-state index in [-0.39, 0.29) is 17.2 Å². The summed E-state index contributed by atoms with van der Waals surface area (Å²) in [5.74, 6) is -6.01. The maximum absolute atomic E-state index is 13.2. The second-order valence-electron chi connectivity index (χ2n) is 3.60. The Hall–Kier alpha value is -1.37. The third-order valence-electron chi connectivity index (χ3n) is 1.77. The molecule has 1 aromatic rings. The third kappa shape index (κ3) is 3.29. The van der Waals surface area contributed by atoms with Gasteiger partial charge in [-0.05, 0) is 26.1 Å². The Morgan fingerprint density at radius 2 is 1.59 bits per heavy atom. The highest BCUT2D eigenvalue weighted by Crippen LogP contribution is 2.23. The zero-order chi connectivity index (χ0) is 13.2. The van der Waals surface area contributed by atoms with E-state index in [9.17, 15) is 17.6 Å². The molecule has 7 heteroatoms. The van der Waals surface area contributed by atoms with Gasteiger partial charge in [0.15, 0.2) is 28.4 Å². The van der Waals surface area contributed by atoms with Gasteiger partial charge in [0.2, 0.25) is 0 Å². The first-order valence-electron chi connectivity index (χ1n) is 4.73. The lowest BCUT2D eigenvalue weighted by Gasteiger charge is -2.14. The van der Waals surface area contributed by atoms with Gasteiger partial charge >= 0.3 is 0 Å². The Balaban J connectivity index is 3.02. The van der Waals surface area contributed by atoms with Crippen molar-refractivity contribution in [3.63, 3.8) is 0 Å². The molecule has 0 fully saturated rings. The van der Waals surface area contributed by atoms with Gasteiger partial charge in [-0.3, -0.25) is 0 Å². The Morgan fingerprint density at radius 3 is 2.00 bits per heavy atom. The molecule has 0 aliphatic heterocycles. The first-order chi connectivity index (χ1) is 7.82. The lowest BCUT2D eigenvalue weighted by Crippen LogP contribution is -2.34. The van der Waals surface area contributed by atoms with E-state index in [1.54, 1.807) is 13.8 Å². The summed E-state index contributed by atoms with van der Waals surface area (Å²) in [4.78, 5) is 0. The van der Waals surface area contributed by atoms with Gasteiger partial charge in [-0.15, -0.1) is 0 Å². The Kier molecular flexibility index (Phi) is 4.28. The molecule has 2 N–H and O–H groups in total. The Labute approximate surface area is 101 Å². The first-order valence-corrected chi connectivity index (χ1v) is 5.14. The van der Waals surface area contributed by atoms with E-state index in [0.717, 1.165) is 0 Å². The lowest BCUT2D eigenvalue weighted by atomic mass is 10.2. The lowest BCUT2D eigenvalue weighted by molar-refractivity contribution is 0.459. The van der Waals surface area contributed by atoms with Crippen LogP contribution in [-0.4, -0.2) is 11.2 Å². The molecule has 17 heavy (non-hydrogen) atoms. The molecule has 0 bridgehead atoms. The minimum absolute atomic E-state index is 0.0838. The standard InChI is InChI=1S/C10H10F4N2S/c1-4(2)15-10(17)16-9-7(13)5(11)3-6(12)8(9)14/h3-4H,1-2H3,(H2,15,16,17).